The summed E-state index contributed by atoms with van der Waals surface area (Å²) < 4.78 is 0. The molecule has 3 heteroatoms. The summed E-state index contributed by atoms with van der Waals surface area (Å²) in [7, 11) is 0. The standard InChI is InChI=1S/C14H24N2O/c1-13(2)11(14(13,3)4)12(17)16-7-9-5-15-6-10(9)8-16/h9-11,15H,5-8H2,1-4H3. The Bertz CT molecular complexity index is 335. The normalized spacial score (nSPS) is 38.2. The zero-order valence-corrected chi connectivity index (χ0v) is 11.4. The molecule has 2 unspecified atom stereocenters. The van der Waals surface area contributed by atoms with Crippen molar-refractivity contribution in [3.05, 3.63) is 0 Å². The molecule has 3 nitrogen and oxygen atoms in total. The van der Waals surface area contributed by atoms with Gasteiger partial charge >= 0.3 is 0 Å². The lowest BCUT2D eigenvalue weighted by atomic mass is 10.0. The van der Waals surface area contributed by atoms with Crippen LogP contribution >= 0.6 is 0 Å². The van der Waals surface area contributed by atoms with Gasteiger partial charge in [-0.3, -0.25) is 4.79 Å². The first-order valence-electron chi connectivity index (χ1n) is 6.85. The number of hydrogen-bond acceptors (Lipinski definition) is 2. The van der Waals surface area contributed by atoms with Crippen LogP contribution in [0, 0.1) is 28.6 Å². The molecule has 1 aliphatic carbocycles. The van der Waals surface area contributed by atoms with E-state index >= 15 is 0 Å². The second-order valence-electron chi connectivity index (χ2n) is 7.30. The molecular formula is C14H24N2O. The lowest BCUT2D eigenvalue weighted by Crippen LogP contribution is -2.34. The van der Waals surface area contributed by atoms with Crippen LogP contribution in [0.1, 0.15) is 27.7 Å². The van der Waals surface area contributed by atoms with Crippen molar-refractivity contribution in [2.24, 2.45) is 28.6 Å². The molecule has 96 valence electrons. The summed E-state index contributed by atoms with van der Waals surface area (Å²) in [5.41, 5.74) is 0.361. The molecule has 3 fully saturated rings. The molecule has 0 aromatic heterocycles. The Morgan fingerprint density at radius 2 is 1.53 bits per heavy atom. The van der Waals surface area contributed by atoms with Crippen molar-refractivity contribution in [3.8, 4) is 0 Å². The van der Waals surface area contributed by atoms with Gasteiger partial charge in [-0.15, -0.1) is 0 Å². The first-order valence-corrected chi connectivity index (χ1v) is 6.85. The van der Waals surface area contributed by atoms with Crippen LogP contribution in [0.5, 0.6) is 0 Å². The summed E-state index contributed by atoms with van der Waals surface area (Å²) in [4.78, 5) is 14.7. The maximum absolute atomic E-state index is 12.6. The van der Waals surface area contributed by atoms with Crippen molar-refractivity contribution in [1.82, 2.24) is 10.2 Å². The van der Waals surface area contributed by atoms with Gasteiger partial charge in [0.05, 0.1) is 0 Å². The third-order valence-electron chi connectivity index (χ3n) is 5.97. The van der Waals surface area contributed by atoms with Crippen LogP contribution in [0.15, 0.2) is 0 Å². The van der Waals surface area contributed by atoms with E-state index in [4.69, 9.17) is 0 Å². The highest BCUT2D eigenvalue weighted by Crippen LogP contribution is 2.69. The lowest BCUT2D eigenvalue weighted by Gasteiger charge is -2.18. The third-order valence-corrected chi connectivity index (χ3v) is 5.97. The highest BCUT2D eigenvalue weighted by Gasteiger charge is 2.69. The van der Waals surface area contributed by atoms with Crippen LogP contribution in [-0.4, -0.2) is 37.0 Å². The van der Waals surface area contributed by atoms with Gasteiger partial charge in [0.25, 0.3) is 0 Å². The van der Waals surface area contributed by atoms with E-state index in [1.807, 2.05) is 0 Å². The monoisotopic (exact) mass is 236 g/mol. The van der Waals surface area contributed by atoms with Crippen molar-refractivity contribution in [2.45, 2.75) is 27.7 Å². The van der Waals surface area contributed by atoms with Crippen LogP contribution in [0.2, 0.25) is 0 Å². The average Bonchev–Trinajstić information content (AvgIpc) is 2.64. The zero-order valence-electron chi connectivity index (χ0n) is 11.4. The Balaban J connectivity index is 1.69. The number of amides is 1. The number of likely N-dealkylation sites (tertiary alicyclic amines) is 1. The van der Waals surface area contributed by atoms with Crippen LogP contribution in [0.4, 0.5) is 0 Å². The van der Waals surface area contributed by atoms with Crippen molar-refractivity contribution >= 4 is 5.91 Å². The molecule has 0 spiro atoms. The minimum Gasteiger partial charge on any atom is -0.342 e. The molecule has 2 atom stereocenters. The van der Waals surface area contributed by atoms with Crippen LogP contribution in [-0.2, 0) is 4.79 Å². The molecule has 0 bridgehead atoms. The predicted octanol–water partition coefficient (Wildman–Crippen LogP) is 1.35. The Morgan fingerprint density at radius 1 is 1.06 bits per heavy atom. The number of rotatable bonds is 1. The lowest BCUT2D eigenvalue weighted by molar-refractivity contribution is -0.133. The molecule has 17 heavy (non-hydrogen) atoms. The second-order valence-corrected chi connectivity index (χ2v) is 7.30. The molecule has 2 aliphatic heterocycles. The first-order chi connectivity index (χ1) is 7.85. The number of fused-ring (bicyclic) bond motifs is 1. The fourth-order valence-electron chi connectivity index (χ4n) is 4.03. The zero-order chi connectivity index (χ0) is 12.4. The molecule has 3 rings (SSSR count). The number of carbonyl (C=O) groups is 1. The summed E-state index contributed by atoms with van der Waals surface area (Å²) in [6.45, 7) is 13.1. The maximum Gasteiger partial charge on any atom is 0.226 e. The van der Waals surface area contributed by atoms with E-state index in [1.165, 1.54) is 0 Å². The minimum absolute atomic E-state index is 0.181. The van der Waals surface area contributed by atoms with Gasteiger partial charge in [0.1, 0.15) is 0 Å². The quantitative estimate of drug-likeness (QED) is 0.745. The number of nitrogens with zero attached hydrogens (tertiary/aromatic N) is 1. The van der Waals surface area contributed by atoms with Crippen LogP contribution < -0.4 is 5.32 Å². The van der Waals surface area contributed by atoms with Gasteiger partial charge in [-0.1, -0.05) is 27.7 Å². The molecule has 1 amide bonds. The topological polar surface area (TPSA) is 32.3 Å². The molecule has 2 saturated heterocycles. The summed E-state index contributed by atoms with van der Waals surface area (Å²) in [6, 6.07) is 0. The average molecular weight is 236 g/mol. The smallest absolute Gasteiger partial charge is 0.226 e. The van der Waals surface area contributed by atoms with Gasteiger partial charge in [0.2, 0.25) is 5.91 Å². The van der Waals surface area contributed by atoms with Gasteiger partial charge in [-0.2, -0.15) is 0 Å². The first kappa shape index (κ1) is 11.5. The Labute approximate surface area is 104 Å². The molecule has 1 saturated carbocycles. The SMILES string of the molecule is CC1(C)C(C(=O)N2CC3CNCC3C2)C1(C)C. The fourth-order valence-corrected chi connectivity index (χ4v) is 4.03. The van der Waals surface area contributed by atoms with E-state index in [0.29, 0.717) is 17.7 Å². The number of carbonyl (C=O) groups excluding carboxylic acids is 1. The summed E-state index contributed by atoms with van der Waals surface area (Å²) in [5.74, 6) is 2.07. The van der Waals surface area contributed by atoms with E-state index in [9.17, 15) is 4.79 Å². The molecule has 3 aliphatic rings. The second kappa shape index (κ2) is 3.25. The summed E-state index contributed by atoms with van der Waals surface area (Å²) in [6.07, 6.45) is 0. The van der Waals surface area contributed by atoms with Gasteiger partial charge in [-0.05, 0) is 22.7 Å². The Kier molecular flexibility index (Phi) is 2.20. The highest BCUT2D eigenvalue weighted by molar-refractivity contribution is 5.84. The van der Waals surface area contributed by atoms with E-state index < -0.39 is 0 Å². The van der Waals surface area contributed by atoms with Crippen LogP contribution in [0.3, 0.4) is 0 Å². The van der Waals surface area contributed by atoms with Gasteiger partial charge in [0, 0.05) is 32.1 Å². The fraction of sp³-hybridized carbons (Fsp3) is 0.929. The molecule has 1 N–H and O–H groups in total. The van der Waals surface area contributed by atoms with Gasteiger partial charge < -0.3 is 10.2 Å². The van der Waals surface area contributed by atoms with E-state index in [1.54, 1.807) is 0 Å². The summed E-state index contributed by atoms with van der Waals surface area (Å²) in [5, 5.41) is 3.42. The Hall–Kier alpha value is -0.570. The minimum atomic E-state index is 0.181. The molecule has 2 heterocycles. The number of nitrogens with one attached hydrogen (secondary N) is 1. The largest absolute Gasteiger partial charge is 0.342 e. The molecular weight excluding hydrogens is 212 g/mol. The van der Waals surface area contributed by atoms with E-state index in [0.717, 1.165) is 26.2 Å². The predicted molar refractivity (Wildman–Crippen MR) is 67.5 cm³/mol. The molecule has 0 radical (unpaired) electrons. The third kappa shape index (κ3) is 1.41. The van der Waals surface area contributed by atoms with Gasteiger partial charge in [-0.25, -0.2) is 0 Å². The number of hydrogen-bond donors (Lipinski definition) is 1. The van der Waals surface area contributed by atoms with Crippen molar-refractivity contribution in [3.63, 3.8) is 0 Å². The van der Waals surface area contributed by atoms with Crippen LogP contribution in [0.25, 0.3) is 0 Å². The van der Waals surface area contributed by atoms with Crippen molar-refractivity contribution < 1.29 is 4.79 Å². The summed E-state index contributed by atoms with van der Waals surface area (Å²) >= 11 is 0. The highest BCUT2D eigenvalue weighted by atomic mass is 16.2. The molecule has 0 aromatic carbocycles. The van der Waals surface area contributed by atoms with E-state index in [2.05, 4.69) is 37.9 Å². The van der Waals surface area contributed by atoms with Crippen molar-refractivity contribution in [1.29, 1.82) is 0 Å². The van der Waals surface area contributed by atoms with Crippen molar-refractivity contribution in [2.75, 3.05) is 26.2 Å². The van der Waals surface area contributed by atoms with E-state index in [-0.39, 0.29) is 16.7 Å². The van der Waals surface area contributed by atoms with Gasteiger partial charge in [0.15, 0.2) is 0 Å². The Morgan fingerprint density at radius 3 is 1.94 bits per heavy atom. The maximum atomic E-state index is 12.6. The molecule has 0 aromatic rings.